The Morgan fingerprint density at radius 3 is 2.50 bits per heavy atom. The van der Waals surface area contributed by atoms with Crippen molar-refractivity contribution in [3.05, 3.63) is 63.3 Å². The topological polar surface area (TPSA) is 94.1 Å². The minimum Gasteiger partial charge on any atom is -0.366 e. The third-order valence-electron chi connectivity index (χ3n) is 2.99. The number of nitro groups is 1. The van der Waals surface area contributed by atoms with Crippen molar-refractivity contribution in [3.63, 3.8) is 0 Å². The molecule has 0 saturated carbocycles. The van der Waals surface area contributed by atoms with Gasteiger partial charge in [0.15, 0.2) is 0 Å². The number of pyridine rings is 1. The van der Waals surface area contributed by atoms with Gasteiger partial charge in [-0.1, -0.05) is 24.3 Å². The number of hydrogen-bond donors (Lipinski definition) is 2. The van der Waals surface area contributed by atoms with E-state index in [2.05, 4.69) is 10.3 Å². The van der Waals surface area contributed by atoms with Gasteiger partial charge in [-0.3, -0.25) is 10.1 Å². The predicted molar refractivity (Wildman–Crippen MR) is 77.3 cm³/mol. The summed E-state index contributed by atoms with van der Waals surface area (Å²) in [5, 5.41) is 13.8. The maximum atomic E-state index is 10.6. The van der Waals surface area contributed by atoms with Crippen LogP contribution in [0.2, 0.25) is 0 Å². The molecule has 0 radical (unpaired) electrons. The van der Waals surface area contributed by atoms with Gasteiger partial charge in [0.25, 0.3) is 5.69 Å². The van der Waals surface area contributed by atoms with Crippen molar-refractivity contribution in [2.24, 2.45) is 5.73 Å². The van der Waals surface area contributed by atoms with Crippen LogP contribution >= 0.6 is 0 Å². The van der Waals surface area contributed by atoms with E-state index < -0.39 is 4.92 Å². The van der Waals surface area contributed by atoms with Crippen LogP contribution in [-0.2, 0) is 13.1 Å². The molecule has 0 unspecified atom stereocenters. The molecule has 0 saturated heterocycles. The summed E-state index contributed by atoms with van der Waals surface area (Å²) in [5.41, 5.74) is 8.47. The van der Waals surface area contributed by atoms with Gasteiger partial charge in [-0.05, 0) is 23.6 Å². The van der Waals surface area contributed by atoms with Gasteiger partial charge in [0.1, 0.15) is 12.0 Å². The van der Waals surface area contributed by atoms with E-state index in [4.69, 9.17) is 5.73 Å². The first-order valence-corrected chi connectivity index (χ1v) is 6.23. The van der Waals surface area contributed by atoms with Crippen molar-refractivity contribution in [1.82, 2.24) is 4.98 Å². The molecule has 0 fully saturated rings. The average Bonchev–Trinajstić information content (AvgIpc) is 2.46. The smallest absolute Gasteiger partial charge is 0.287 e. The zero-order valence-electron chi connectivity index (χ0n) is 11.2. The SMILES string of the molecule is Cc1cc([N+](=O)[O-])cnc1NCc1ccc(CN)cc1. The number of aryl methyl sites for hydroxylation is 1. The molecule has 20 heavy (non-hydrogen) atoms. The quantitative estimate of drug-likeness (QED) is 0.643. The number of benzene rings is 1. The Balaban J connectivity index is 2.04. The van der Waals surface area contributed by atoms with Crippen molar-refractivity contribution in [3.8, 4) is 0 Å². The number of nitrogens with zero attached hydrogens (tertiary/aromatic N) is 2. The van der Waals surface area contributed by atoms with Crippen LogP contribution in [0, 0.1) is 17.0 Å². The Kier molecular flexibility index (Phi) is 4.27. The lowest BCUT2D eigenvalue weighted by Gasteiger charge is -2.08. The van der Waals surface area contributed by atoms with Gasteiger partial charge in [-0.15, -0.1) is 0 Å². The highest BCUT2D eigenvalue weighted by atomic mass is 16.6. The standard InChI is InChI=1S/C14H16N4O2/c1-10-6-13(18(19)20)9-17-14(10)16-8-12-4-2-11(7-15)3-5-12/h2-6,9H,7-8,15H2,1H3,(H,16,17). The van der Waals surface area contributed by atoms with Crippen LogP contribution in [0.15, 0.2) is 36.5 Å². The number of nitrogens with two attached hydrogens (primary N) is 1. The number of rotatable bonds is 5. The Morgan fingerprint density at radius 2 is 1.95 bits per heavy atom. The molecule has 2 rings (SSSR count). The second-order valence-electron chi connectivity index (χ2n) is 4.49. The Bertz CT molecular complexity index is 611. The second-order valence-corrected chi connectivity index (χ2v) is 4.49. The molecule has 2 aromatic rings. The number of aromatic nitrogens is 1. The van der Waals surface area contributed by atoms with Crippen LogP contribution in [0.1, 0.15) is 16.7 Å². The molecule has 3 N–H and O–H groups in total. The highest BCUT2D eigenvalue weighted by Gasteiger charge is 2.09. The van der Waals surface area contributed by atoms with Crippen molar-refractivity contribution in [2.75, 3.05) is 5.32 Å². The van der Waals surface area contributed by atoms with Gasteiger partial charge < -0.3 is 11.1 Å². The molecule has 0 atom stereocenters. The maximum Gasteiger partial charge on any atom is 0.287 e. The summed E-state index contributed by atoms with van der Waals surface area (Å²) >= 11 is 0. The monoisotopic (exact) mass is 272 g/mol. The number of anilines is 1. The Labute approximate surface area is 116 Å². The normalized spacial score (nSPS) is 10.3. The van der Waals surface area contributed by atoms with E-state index in [1.165, 1.54) is 12.3 Å². The van der Waals surface area contributed by atoms with E-state index in [0.29, 0.717) is 18.9 Å². The number of nitrogens with one attached hydrogen (secondary N) is 1. The van der Waals surface area contributed by atoms with Crippen molar-refractivity contribution >= 4 is 11.5 Å². The fourth-order valence-corrected chi connectivity index (χ4v) is 1.82. The molecule has 104 valence electrons. The lowest BCUT2D eigenvalue weighted by Crippen LogP contribution is -2.04. The minimum atomic E-state index is -0.449. The number of hydrogen-bond acceptors (Lipinski definition) is 5. The first-order valence-electron chi connectivity index (χ1n) is 6.23. The fourth-order valence-electron chi connectivity index (χ4n) is 1.82. The van der Waals surface area contributed by atoms with Gasteiger partial charge in [-0.2, -0.15) is 0 Å². The molecule has 0 amide bonds. The lowest BCUT2D eigenvalue weighted by atomic mass is 10.1. The molecule has 0 aliphatic heterocycles. The zero-order valence-corrected chi connectivity index (χ0v) is 11.2. The van der Waals surface area contributed by atoms with Crippen LogP contribution < -0.4 is 11.1 Å². The molecule has 6 heteroatoms. The lowest BCUT2D eigenvalue weighted by molar-refractivity contribution is -0.385. The highest BCUT2D eigenvalue weighted by molar-refractivity contribution is 5.48. The van der Waals surface area contributed by atoms with Crippen molar-refractivity contribution < 1.29 is 4.92 Å². The predicted octanol–water partition coefficient (Wildman–Crippen LogP) is 2.37. The van der Waals surface area contributed by atoms with E-state index in [0.717, 1.165) is 16.7 Å². The van der Waals surface area contributed by atoms with Crippen LogP contribution in [-0.4, -0.2) is 9.91 Å². The van der Waals surface area contributed by atoms with Gasteiger partial charge in [0, 0.05) is 19.2 Å². The van der Waals surface area contributed by atoms with Crippen LogP contribution in [0.5, 0.6) is 0 Å². The van der Waals surface area contributed by atoms with Crippen LogP contribution in [0.4, 0.5) is 11.5 Å². The largest absolute Gasteiger partial charge is 0.366 e. The van der Waals surface area contributed by atoms with Crippen LogP contribution in [0.3, 0.4) is 0 Å². The maximum absolute atomic E-state index is 10.6. The fraction of sp³-hybridized carbons (Fsp3) is 0.214. The van der Waals surface area contributed by atoms with Crippen molar-refractivity contribution in [2.45, 2.75) is 20.0 Å². The summed E-state index contributed by atoms with van der Waals surface area (Å²) in [6.07, 6.45) is 1.26. The van der Waals surface area contributed by atoms with Gasteiger partial charge >= 0.3 is 0 Å². The molecule has 1 heterocycles. The third-order valence-corrected chi connectivity index (χ3v) is 2.99. The molecule has 0 spiro atoms. The van der Waals surface area contributed by atoms with Gasteiger partial charge in [-0.25, -0.2) is 4.98 Å². The molecular weight excluding hydrogens is 256 g/mol. The van der Waals surface area contributed by atoms with Gasteiger partial charge in [0.05, 0.1) is 4.92 Å². The summed E-state index contributed by atoms with van der Waals surface area (Å²) in [7, 11) is 0. The Morgan fingerprint density at radius 1 is 1.30 bits per heavy atom. The highest BCUT2D eigenvalue weighted by Crippen LogP contribution is 2.18. The molecule has 1 aromatic carbocycles. The van der Waals surface area contributed by atoms with Gasteiger partial charge in [0.2, 0.25) is 0 Å². The molecule has 1 aromatic heterocycles. The zero-order chi connectivity index (χ0) is 14.5. The summed E-state index contributed by atoms with van der Waals surface area (Å²) in [5.74, 6) is 0.651. The van der Waals surface area contributed by atoms with Crippen LogP contribution in [0.25, 0.3) is 0 Å². The first kappa shape index (κ1) is 14.0. The average molecular weight is 272 g/mol. The summed E-state index contributed by atoms with van der Waals surface area (Å²) in [6.45, 7) is 2.92. The summed E-state index contributed by atoms with van der Waals surface area (Å²) < 4.78 is 0. The molecular formula is C14H16N4O2. The first-order chi connectivity index (χ1) is 9.60. The van der Waals surface area contributed by atoms with E-state index >= 15 is 0 Å². The summed E-state index contributed by atoms with van der Waals surface area (Å²) in [4.78, 5) is 14.3. The Hall–Kier alpha value is -2.47. The molecule has 0 aliphatic carbocycles. The van der Waals surface area contributed by atoms with E-state index in [1.54, 1.807) is 6.92 Å². The van der Waals surface area contributed by atoms with E-state index in [-0.39, 0.29) is 5.69 Å². The van der Waals surface area contributed by atoms with E-state index in [9.17, 15) is 10.1 Å². The molecule has 0 bridgehead atoms. The van der Waals surface area contributed by atoms with Crippen molar-refractivity contribution in [1.29, 1.82) is 0 Å². The minimum absolute atomic E-state index is 0.000323. The molecule has 0 aliphatic rings. The summed E-state index contributed by atoms with van der Waals surface area (Å²) in [6, 6.07) is 9.46. The molecule has 6 nitrogen and oxygen atoms in total. The second kappa shape index (κ2) is 6.12. The van der Waals surface area contributed by atoms with E-state index in [1.807, 2.05) is 24.3 Å². The third kappa shape index (κ3) is 3.30.